The maximum atomic E-state index is 12.2. The number of rotatable bonds is 3. The fraction of sp³-hybridized carbons (Fsp3) is 0.312. The summed E-state index contributed by atoms with van der Waals surface area (Å²) in [5, 5.41) is 3.09. The van der Waals surface area contributed by atoms with Crippen molar-refractivity contribution in [2.45, 2.75) is 24.0 Å². The van der Waals surface area contributed by atoms with Crippen molar-refractivity contribution in [3.63, 3.8) is 0 Å². The molecule has 1 aromatic carbocycles. The van der Waals surface area contributed by atoms with E-state index in [2.05, 4.69) is 16.9 Å². The minimum Gasteiger partial charge on any atom is -0.332 e. The number of thioether (sulfide) groups is 1. The first-order valence-electron chi connectivity index (χ1n) is 7.29. The fourth-order valence-corrected chi connectivity index (χ4v) is 3.58. The van der Waals surface area contributed by atoms with Crippen LogP contribution >= 0.6 is 11.8 Å². The van der Waals surface area contributed by atoms with Crippen LogP contribution in [0.3, 0.4) is 0 Å². The van der Waals surface area contributed by atoms with Gasteiger partial charge in [0.1, 0.15) is 0 Å². The Kier molecular flexibility index (Phi) is 4.12. The smallest absolute Gasteiger partial charge is 0.325 e. The molecule has 3 rings (SSSR count). The summed E-state index contributed by atoms with van der Waals surface area (Å²) in [6.07, 6.45) is 1.24. The molecule has 1 saturated heterocycles. The number of aryl methyl sites for hydroxylation is 1. The molecule has 2 unspecified atom stereocenters. The van der Waals surface area contributed by atoms with E-state index in [1.165, 1.54) is 22.2 Å². The van der Waals surface area contributed by atoms with Crippen LogP contribution < -0.4 is 5.32 Å². The Balaban J connectivity index is 1.90. The predicted octanol–water partition coefficient (Wildman–Crippen LogP) is 1.82. The van der Waals surface area contributed by atoms with E-state index in [4.69, 9.17) is 0 Å². The molecule has 2 aliphatic rings. The molecule has 2 aliphatic heterocycles. The summed E-state index contributed by atoms with van der Waals surface area (Å²) in [6, 6.07) is 7.18. The molecule has 1 fully saturated rings. The van der Waals surface area contributed by atoms with E-state index in [1.807, 2.05) is 36.1 Å². The normalized spacial score (nSPS) is 23.5. The van der Waals surface area contributed by atoms with E-state index >= 15 is 0 Å². The highest BCUT2D eigenvalue weighted by Gasteiger charge is 2.48. The number of hydrogen-bond donors (Lipinski definition) is 1. The number of amidine groups is 1. The highest BCUT2D eigenvalue weighted by Crippen LogP contribution is 2.31. The van der Waals surface area contributed by atoms with Crippen LogP contribution in [0.1, 0.15) is 5.56 Å². The lowest BCUT2D eigenvalue weighted by molar-refractivity contribution is -0.126. The van der Waals surface area contributed by atoms with Crippen LogP contribution in [0.5, 0.6) is 0 Å². The van der Waals surface area contributed by atoms with Gasteiger partial charge in [-0.05, 0) is 19.1 Å². The second-order valence-electron chi connectivity index (χ2n) is 5.53. The fourth-order valence-electron chi connectivity index (χ4n) is 2.63. The summed E-state index contributed by atoms with van der Waals surface area (Å²) in [5.74, 6) is -0.316. The van der Waals surface area contributed by atoms with E-state index in [0.29, 0.717) is 6.54 Å². The molecule has 2 atom stereocenters. The molecule has 1 N–H and O–H groups in total. The SMILES string of the molecule is C=CCN1C(Sc2ccc(C)cc2)=NC2C1C(=O)NC(=O)N2C. The lowest BCUT2D eigenvalue weighted by Crippen LogP contribution is -2.63. The average molecular weight is 330 g/mol. The predicted molar refractivity (Wildman–Crippen MR) is 90.3 cm³/mol. The number of amides is 3. The van der Waals surface area contributed by atoms with Crippen molar-refractivity contribution in [3.8, 4) is 0 Å². The number of urea groups is 1. The minimum atomic E-state index is -0.511. The molecule has 0 radical (unpaired) electrons. The number of likely N-dealkylation sites (N-methyl/N-ethyl adjacent to an activating group) is 1. The number of imide groups is 1. The molecule has 7 heteroatoms. The Morgan fingerprint density at radius 3 is 2.70 bits per heavy atom. The Morgan fingerprint density at radius 1 is 1.35 bits per heavy atom. The number of benzene rings is 1. The van der Waals surface area contributed by atoms with Crippen LogP contribution in [-0.4, -0.2) is 52.7 Å². The summed E-state index contributed by atoms with van der Waals surface area (Å²) in [5.41, 5.74) is 1.18. The first kappa shape index (κ1) is 15.6. The highest BCUT2D eigenvalue weighted by molar-refractivity contribution is 8.13. The number of aliphatic imine (C=N–C) groups is 1. The van der Waals surface area contributed by atoms with Gasteiger partial charge in [-0.15, -0.1) is 6.58 Å². The summed E-state index contributed by atoms with van der Waals surface area (Å²) in [4.78, 5) is 33.0. The van der Waals surface area contributed by atoms with E-state index in [1.54, 1.807) is 13.1 Å². The molecular weight excluding hydrogens is 312 g/mol. The van der Waals surface area contributed by atoms with Crippen LogP contribution in [0.4, 0.5) is 4.79 Å². The first-order valence-corrected chi connectivity index (χ1v) is 8.10. The van der Waals surface area contributed by atoms with Crippen molar-refractivity contribution in [1.82, 2.24) is 15.1 Å². The number of nitrogens with one attached hydrogen (secondary N) is 1. The lowest BCUT2D eigenvalue weighted by Gasteiger charge is -2.35. The Bertz CT molecular complexity index is 686. The molecule has 2 heterocycles. The molecule has 0 aromatic heterocycles. The van der Waals surface area contributed by atoms with Gasteiger partial charge in [0.15, 0.2) is 17.4 Å². The van der Waals surface area contributed by atoms with Crippen molar-refractivity contribution < 1.29 is 9.59 Å². The molecule has 0 bridgehead atoms. The van der Waals surface area contributed by atoms with Crippen LogP contribution in [0.2, 0.25) is 0 Å². The molecule has 120 valence electrons. The number of hydrogen-bond acceptors (Lipinski definition) is 5. The van der Waals surface area contributed by atoms with Crippen molar-refractivity contribution >= 4 is 28.9 Å². The van der Waals surface area contributed by atoms with Crippen molar-refractivity contribution in [2.75, 3.05) is 13.6 Å². The molecule has 0 saturated carbocycles. The van der Waals surface area contributed by atoms with Gasteiger partial charge in [-0.25, -0.2) is 9.79 Å². The van der Waals surface area contributed by atoms with Gasteiger partial charge < -0.3 is 9.80 Å². The minimum absolute atomic E-state index is 0.316. The molecule has 6 nitrogen and oxygen atoms in total. The topological polar surface area (TPSA) is 65.0 Å². The standard InChI is InChI=1S/C16H18N4O2S/c1-4-9-20-12-13(19(3)15(22)18-14(12)21)17-16(20)23-11-7-5-10(2)6-8-11/h4-8,12-13H,1,9H2,2-3H3,(H,18,21,22). The van der Waals surface area contributed by atoms with Crippen molar-refractivity contribution in [2.24, 2.45) is 4.99 Å². The second kappa shape index (κ2) is 6.08. The third-order valence-corrected chi connectivity index (χ3v) is 4.91. The molecule has 3 amide bonds. The van der Waals surface area contributed by atoms with Crippen molar-refractivity contribution in [1.29, 1.82) is 0 Å². The zero-order chi connectivity index (χ0) is 16.6. The van der Waals surface area contributed by atoms with Gasteiger partial charge in [-0.3, -0.25) is 10.1 Å². The molecule has 23 heavy (non-hydrogen) atoms. The van der Waals surface area contributed by atoms with E-state index < -0.39 is 18.2 Å². The van der Waals surface area contributed by atoms with E-state index in [-0.39, 0.29) is 5.91 Å². The van der Waals surface area contributed by atoms with Gasteiger partial charge in [-0.2, -0.15) is 0 Å². The average Bonchev–Trinajstić information content (AvgIpc) is 2.87. The number of fused-ring (bicyclic) bond motifs is 1. The zero-order valence-electron chi connectivity index (χ0n) is 13.0. The zero-order valence-corrected chi connectivity index (χ0v) is 13.8. The summed E-state index contributed by atoms with van der Waals surface area (Å²) >= 11 is 1.49. The maximum Gasteiger partial charge on any atom is 0.325 e. The number of carbonyl (C=O) groups is 2. The summed E-state index contributed by atoms with van der Waals surface area (Å²) in [6.45, 7) is 6.28. The van der Waals surface area contributed by atoms with E-state index in [9.17, 15) is 9.59 Å². The van der Waals surface area contributed by atoms with Gasteiger partial charge in [0.05, 0.1) is 0 Å². The molecular formula is C16H18N4O2S. The third kappa shape index (κ3) is 2.84. The number of nitrogens with zero attached hydrogens (tertiary/aromatic N) is 3. The maximum absolute atomic E-state index is 12.2. The Labute approximate surface area is 139 Å². The molecule has 0 aliphatic carbocycles. The third-order valence-electron chi connectivity index (χ3n) is 3.88. The van der Waals surface area contributed by atoms with Gasteiger partial charge in [-0.1, -0.05) is 35.5 Å². The van der Waals surface area contributed by atoms with Crippen LogP contribution in [0.25, 0.3) is 0 Å². The summed E-state index contributed by atoms with van der Waals surface area (Å²) < 4.78 is 0. The van der Waals surface area contributed by atoms with Gasteiger partial charge >= 0.3 is 6.03 Å². The number of carbonyl (C=O) groups excluding carboxylic acids is 2. The Morgan fingerprint density at radius 2 is 2.04 bits per heavy atom. The van der Waals surface area contributed by atoms with Crippen LogP contribution in [0, 0.1) is 6.92 Å². The quantitative estimate of drug-likeness (QED) is 0.859. The first-order chi connectivity index (χ1) is 11.0. The largest absolute Gasteiger partial charge is 0.332 e. The van der Waals surface area contributed by atoms with Crippen LogP contribution in [-0.2, 0) is 4.79 Å². The van der Waals surface area contributed by atoms with Gasteiger partial charge in [0.2, 0.25) is 0 Å². The highest BCUT2D eigenvalue weighted by atomic mass is 32.2. The molecule has 1 aromatic rings. The summed E-state index contributed by atoms with van der Waals surface area (Å²) in [7, 11) is 1.65. The van der Waals surface area contributed by atoms with Crippen molar-refractivity contribution in [3.05, 3.63) is 42.5 Å². The molecule has 0 spiro atoms. The van der Waals surface area contributed by atoms with E-state index in [0.717, 1.165) is 10.1 Å². The van der Waals surface area contributed by atoms with Crippen LogP contribution in [0.15, 0.2) is 46.8 Å². The lowest BCUT2D eigenvalue weighted by atomic mass is 10.1. The monoisotopic (exact) mass is 330 g/mol. The van der Waals surface area contributed by atoms with Gasteiger partial charge in [0.25, 0.3) is 5.91 Å². The Hall–Kier alpha value is -2.28. The van der Waals surface area contributed by atoms with Gasteiger partial charge in [0, 0.05) is 18.5 Å². The second-order valence-corrected chi connectivity index (χ2v) is 6.57.